The number of nitrogens with zero attached hydrogens (tertiary/aromatic N) is 3. The van der Waals surface area contributed by atoms with Gasteiger partial charge >= 0.3 is 5.97 Å². The van der Waals surface area contributed by atoms with Crippen molar-refractivity contribution in [2.75, 3.05) is 6.61 Å². The summed E-state index contributed by atoms with van der Waals surface area (Å²) in [6, 6.07) is 14.1. The molecule has 9 heteroatoms. The molecule has 0 aliphatic rings. The van der Waals surface area contributed by atoms with Crippen LogP contribution in [-0.2, 0) is 33.0 Å². The molecule has 0 aliphatic carbocycles. The van der Waals surface area contributed by atoms with Crippen molar-refractivity contribution >= 4 is 27.0 Å². The van der Waals surface area contributed by atoms with Gasteiger partial charge in [-0.1, -0.05) is 18.6 Å². The summed E-state index contributed by atoms with van der Waals surface area (Å²) in [7, 11) is -1.80. The molecule has 0 saturated heterocycles. The monoisotopic (exact) mass is 482 g/mol. The van der Waals surface area contributed by atoms with Crippen LogP contribution < -0.4 is 4.72 Å². The SMILES string of the molecule is CCOC(=O)CCCCC(C)NS(=O)(=O)c1ccc2c(c1)nc(Cc1ccc(C#N)cc1)n2C. The fourth-order valence-corrected chi connectivity index (χ4v) is 5.08. The van der Waals surface area contributed by atoms with E-state index < -0.39 is 10.0 Å². The van der Waals surface area contributed by atoms with Gasteiger partial charge in [0.1, 0.15) is 5.82 Å². The highest BCUT2D eigenvalue weighted by Gasteiger charge is 2.19. The third-order valence-corrected chi connectivity index (χ3v) is 7.22. The number of aromatic nitrogens is 2. The summed E-state index contributed by atoms with van der Waals surface area (Å²) in [4.78, 5) is 16.2. The van der Waals surface area contributed by atoms with E-state index in [0.717, 1.165) is 23.3 Å². The molecular formula is C25H30N4O4S. The molecule has 34 heavy (non-hydrogen) atoms. The van der Waals surface area contributed by atoms with Crippen molar-refractivity contribution in [3.05, 3.63) is 59.4 Å². The first-order valence-electron chi connectivity index (χ1n) is 11.4. The number of hydrogen-bond acceptors (Lipinski definition) is 6. The number of benzene rings is 2. The van der Waals surface area contributed by atoms with Crippen molar-refractivity contribution in [2.45, 2.75) is 56.9 Å². The molecule has 0 amide bonds. The summed E-state index contributed by atoms with van der Waals surface area (Å²) < 4.78 is 35.4. The van der Waals surface area contributed by atoms with Gasteiger partial charge in [0.25, 0.3) is 0 Å². The molecule has 0 aliphatic heterocycles. The van der Waals surface area contributed by atoms with Crippen LogP contribution in [0.2, 0.25) is 0 Å². The maximum absolute atomic E-state index is 12.9. The third-order valence-electron chi connectivity index (χ3n) is 5.63. The van der Waals surface area contributed by atoms with E-state index in [9.17, 15) is 13.2 Å². The van der Waals surface area contributed by atoms with Crippen LogP contribution in [0.1, 0.15) is 56.5 Å². The Hall–Kier alpha value is -3.22. The zero-order valence-electron chi connectivity index (χ0n) is 19.7. The summed E-state index contributed by atoms with van der Waals surface area (Å²) >= 11 is 0. The molecule has 1 unspecified atom stereocenters. The van der Waals surface area contributed by atoms with Crippen LogP contribution in [0.3, 0.4) is 0 Å². The maximum Gasteiger partial charge on any atom is 0.305 e. The smallest absolute Gasteiger partial charge is 0.305 e. The molecule has 0 bridgehead atoms. The highest BCUT2D eigenvalue weighted by atomic mass is 32.2. The van der Waals surface area contributed by atoms with Gasteiger partial charge in [0.2, 0.25) is 10.0 Å². The molecule has 1 atom stereocenters. The molecule has 3 aromatic rings. The largest absolute Gasteiger partial charge is 0.466 e. The van der Waals surface area contributed by atoms with Gasteiger partial charge in [-0.25, -0.2) is 18.1 Å². The van der Waals surface area contributed by atoms with Crippen molar-refractivity contribution in [2.24, 2.45) is 7.05 Å². The van der Waals surface area contributed by atoms with Crippen molar-refractivity contribution in [1.29, 1.82) is 5.26 Å². The summed E-state index contributed by atoms with van der Waals surface area (Å²) in [6.45, 7) is 3.96. The molecule has 1 heterocycles. The first-order valence-corrected chi connectivity index (χ1v) is 12.8. The Balaban J connectivity index is 1.66. The second kappa shape index (κ2) is 11.3. The lowest BCUT2D eigenvalue weighted by molar-refractivity contribution is -0.143. The number of aryl methyl sites for hydroxylation is 1. The molecule has 180 valence electrons. The second-order valence-corrected chi connectivity index (χ2v) is 10.0. The number of fused-ring (bicyclic) bond motifs is 1. The van der Waals surface area contributed by atoms with Crippen LogP contribution in [0.4, 0.5) is 0 Å². The first kappa shape index (κ1) is 25.4. The average molecular weight is 483 g/mol. The Labute approximate surface area is 200 Å². The minimum Gasteiger partial charge on any atom is -0.466 e. The van der Waals surface area contributed by atoms with E-state index in [1.165, 1.54) is 0 Å². The predicted octanol–water partition coefficient (Wildman–Crippen LogP) is 3.83. The standard InChI is InChI=1S/C25H30N4O4S/c1-4-33-25(30)8-6-5-7-18(2)28-34(31,32)21-13-14-23-22(16-21)27-24(29(23)3)15-19-9-11-20(17-26)12-10-19/h9-14,16,18,28H,4-8,15H2,1-3H3. The zero-order chi connectivity index (χ0) is 24.7. The number of hydrogen-bond donors (Lipinski definition) is 1. The Morgan fingerprint density at radius 2 is 1.94 bits per heavy atom. The number of nitriles is 1. The minimum atomic E-state index is -3.70. The van der Waals surface area contributed by atoms with Gasteiger partial charge in [0, 0.05) is 25.9 Å². The fourth-order valence-electron chi connectivity index (χ4n) is 3.78. The maximum atomic E-state index is 12.9. The lowest BCUT2D eigenvalue weighted by Gasteiger charge is -2.14. The third kappa shape index (κ3) is 6.43. The number of sulfonamides is 1. The number of carbonyl (C=O) groups is 1. The fraction of sp³-hybridized carbons (Fsp3) is 0.400. The Morgan fingerprint density at radius 3 is 2.62 bits per heavy atom. The van der Waals surface area contributed by atoms with E-state index in [1.54, 1.807) is 37.3 Å². The number of carbonyl (C=O) groups excluding carboxylic acids is 1. The molecule has 0 saturated carbocycles. The topological polar surface area (TPSA) is 114 Å². The van der Waals surface area contributed by atoms with Crippen LogP contribution >= 0.6 is 0 Å². The Kier molecular flexibility index (Phi) is 8.42. The Bertz CT molecular complexity index is 1290. The Morgan fingerprint density at radius 1 is 1.21 bits per heavy atom. The normalized spacial score (nSPS) is 12.4. The van der Waals surface area contributed by atoms with Crippen molar-refractivity contribution < 1.29 is 17.9 Å². The van der Waals surface area contributed by atoms with Crippen LogP contribution in [-0.4, -0.2) is 36.6 Å². The lowest BCUT2D eigenvalue weighted by Crippen LogP contribution is -2.32. The summed E-state index contributed by atoms with van der Waals surface area (Å²) in [6.07, 6.45) is 2.92. The van der Waals surface area contributed by atoms with Crippen LogP contribution in [0.25, 0.3) is 11.0 Å². The molecule has 0 spiro atoms. The number of imidazole rings is 1. The number of unbranched alkanes of at least 4 members (excludes halogenated alkanes) is 1. The molecule has 3 rings (SSSR count). The van der Waals surface area contributed by atoms with E-state index in [-0.39, 0.29) is 16.9 Å². The lowest BCUT2D eigenvalue weighted by atomic mass is 10.1. The van der Waals surface area contributed by atoms with E-state index in [2.05, 4.69) is 15.8 Å². The van der Waals surface area contributed by atoms with Gasteiger partial charge in [-0.3, -0.25) is 4.79 Å². The van der Waals surface area contributed by atoms with Gasteiger partial charge in [0.15, 0.2) is 0 Å². The van der Waals surface area contributed by atoms with Gasteiger partial charge < -0.3 is 9.30 Å². The second-order valence-electron chi connectivity index (χ2n) is 8.30. The van der Waals surface area contributed by atoms with Gasteiger partial charge in [0.05, 0.1) is 34.2 Å². The molecule has 1 N–H and O–H groups in total. The summed E-state index contributed by atoms with van der Waals surface area (Å²) in [5.41, 5.74) is 3.07. The number of nitrogens with one attached hydrogen (secondary N) is 1. The molecule has 8 nitrogen and oxygen atoms in total. The van der Waals surface area contributed by atoms with E-state index >= 15 is 0 Å². The van der Waals surface area contributed by atoms with Crippen molar-refractivity contribution in [3.8, 4) is 6.07 Å². The van der Waals surface area contributed by atoms with Gasteiger partial charge in [-0.2, -0.15) is 5.26 Å². The van der Waals surface area contributed by atoms with Crippen molar-refractivity contribution in [3.63, 3.8) is 0 Å². The highest BCUT2D eigenvalue weighted by molar-refractivity contribution is 7.89. The molecular weight excluding hydrogens is 452 g/mol. The highest BCUT2D eigenvalue weighted by Crippen LogP contribution is 2.22. The number of ether oxygens (including phenoxy) is 1. The quantitative estimate of drug-likeness (QED) is 0.328. The number of rotatable bonds is 11. The van der Waals surface area contributed by atoms with Crippen LogP contribution in [0, 0.1) is 11.3 Å². The molecule has 0 radical (unpaired) electrons. The molecule has 2 aromatic carbocycles. The summed E-state index contributed by atoms with van der Waals surface area (Å²) in [5, 5.41) is 8.96. The van der Waals surface area contributed by atoms with Crippen LogP contribution in [0.15, 0.2) is 47.4 Å². The first-order chi connectivity index (χ1) is 16.2. The van der Waals surface area contributed by atoms with E-state index in [1.807, 2.05) is 30.7 Å². The van der Waals surface area contributed by atoms with Crippen molar-refractivity contribution in [1.82, 2.24) is 14.3 Å². The van der Waals surface area contributed by atoms with Crippen LogP contribution in [0.5, 0.6) is 0 Å². The number of esters is 1. The zero-order valence-corrected chi connectivity index (χ0v) is 20.6. The predicted molar refractivity (Wildman–Crippen MR) is 130 cm³/mol. The van der Waals surface area contributed by atoms with E-state index in [0.29, 0.717) is 43.4 Å². The minimum absolute atomic E-state index is 0.168. The van der Waals surface area contributed by atoms with Gasteiger partial charge in [-0.05, 0) is 62.6 Å². The summed E-state index contributed by atoms with van der Waals surface area (Å²) in [5.74, 6) is 0.579. The molecule has 0 fully saturated rings. The van der Waals surface area contributed by atoms with E-state index in [4.69, 9.17) is 10.00 Å². The average Bonchev–Trinajstić information content (AvgIpc) is 3.11. The molecule has 1 aromatic heterocycles. The van der Waals surface area contributed by atoms with Gasteiger partial charge in [-0.15, -0.1) is 0 Å².